The van der Waals surface area contributed by atoms with Gasteiger partial charge in [-0.15, -0.1) is 12.4 Å². The van der Waals surface area contributed by atoms with Crippen molar-refractivity contribution < 1.29 is 4.79 Å². The second-order valence-corrected chi connectivity index (χ2v) is 6.56. The monoisotopic (exact) mass is 398 g/mol. The first-order valence-electron chi connectivity index (χ1n) is 9.29. The minimum absolute atomic E-state index is 0. The van der Waals surface area contributed by atoms with Gasteiger partial charge in [-0.2, -0.15) is 5.10 Å². The molecular weight excluding hydrogens is 372 g/mol. The van der Waals surface area contributed by atoms with Crippen molar-refractivity contribution in [1.82, 2.24) is 15.1 Å². The molecule has 1 amide bonds. The molecule has 5 nitrogen and oxygen atoms in total. The van der Waals surface area contributed by atoms with Crippen LogP contribution in [0.2, 0.25) is 0 Å². The maximum atomic E-state index is 12.7. The molecule has 0 spiro atoms. The summed E-state index contributed by atoms with van der Waals surface area (Å²) in [6.45, 7) is 7.65. The summed E-state index contributed by atoms with van der Waals surface area (Å²) in [5, 5.41) is 11.0. The van der Waals surface area contributed by atoms with Gasteiger partial charge in [0.1, 0.15) is 0 Å². The molecule has 0 aliphatic carbocycles. The number of para-hydroxylation sites is 2. The van der Waals surface area contributed by atoms with Crippen LogP contribution in [0.3, 0.4) is 0 Å². The van der Waals surface area contributed by atoms with Crippen molar-refractivity contribution in [2.75, 3.05) is 11.9 Å². The number of benzene rings is 2. The Bertz CT molecular complexity index is 922. The Morgan fingerprint density at radius 1 is 1.04 bits per heavy atom. The molecule has 6 heteroatoms. The van der Waals surface area contributed by atoms with Crippen LogP contribution in [-0.4, -0.2) is 22.2 Å². The van der Waals surface area contributed by atoms with Gasteiger partial charge in [0, 0.05) is 23.5 Å². The van der Waals surface area contributed by atoms with Crippen LogP contribution in [-0.2, 0) is 17.8 Å². The standard InChI is InChI=1S/C22H26N4O.ClH/c1-4-23-15-18-10-8-9-13-21(18)24-22(27)14-20-16(2)25-26(17(20)3)19-11-6-5-7-12-19;/h5-13,23H,4,14-15H2,1-3H3,(H,24,27);1H. The van der Waals surface area contributed by atoms with Gasteiger partial charge in [0.05, 0.1) is 17.8 Å². The number of hydrogen-bond acceptors (Lipinski definition) is 3. The second-order valence-electron chi connectivity index (χ2n) is 6.56. The lowest BCUT2D eigenvalue weighted by Gasteiger charge is -2.11. The molecule has 0 atom stereocenters. The number of anilines is 1. The van der Waals surface area contributed by atoms with E-state index in [1.54, 1.807) is 0 Å². The highest BCUT2D eigenvalue weighted by atomic mass is 35.5. The molecule has 0 bridgehead atoms. The molecule has 3 rings (SSSR count). The van der Waals surface area contributed by atoms with Crippen LogP contribution in [0.15, 0.2) is 54.6 Å². The fourth-order valence-corrected chi connectivity index (χ4v) is 3.16. The molecule has 1 aromatic heterocycles. The number of nitrogens with zero attached hydrogens (tertiary/aromatic N) is 2. The first-order valence-corrected chi connectivity index (χ1v) is 9.29. The largest absolute Gasteiger partial charge is 0.325 e. The second kappa shape index (κ2) is 10.1. The first-order chi connectivity index (χ1) is 13.1. The highest BCUT2D eigenvalue weighted by Gasteiger charge is 2.16. The van der Waals surface area contributed by atoms with Crippen molar-refractivity contribution in [3.63, 3.8) is 0 Å². The Balaban J connectivity index is 0.00000280. The van der Waals surface area contributed by atoms with Gasteiger partial charge in [-0.3, -0.25) is 4.79 Å². The van der Waals surface area contributed by atoms with Crippen molar-refractivity contribution in [1.29, 1.82) is 0 Å². The molecule has 28 heavy (non-hydrogen) atoms. The lowest BCUT2D eigenvalue weighted by atomic mass is 10.1. The first kappa shape index (κ1) is 21.7. The molecule has 1 heterocycles. The maximum absolute atomic E-state index is 12.7. The Morgan fingerprint density at radius 3 is 2.43 bits per heavy atom. The van der Waals surface area contributed by atoms with Crippen LogP contribution in [0, 0.1) is 13.8 Å². The number of amides is 1. The SMILES string of the molecule is CCNCc1ccccc1NC(=O)Cc1c(C)nn(-c2ccccc2)c1C.Cl. The third-order valence-electron chi connectivity index (χ3n) is 4.64. The van der Waals surface area contributed by atoms with E-state index in [9.17, 15) is 4.79 Å². The quantitative estimate of drug-likeness (QED) is 0.627. The van der Waals surface area contributed by atoms with Gasteiger partial charge >= 0.3 is 0 Å². The summed E-state index contributed by atoms with van der Waals surface area (Å²) in [5.41, 5.74) is 5.79. The summed E-state index contributed by atoms with van der Waals surface area (Å²) in [6.07, 6.45) is 0.306. The lowest BCUT2D eigenvalue weighted by molar-refractivity contribution is -0.115. The zero-order chi connectivity index (χ0) is 19.2. The highest BCUT2D eigenvalue weighted by molar-refractivity contribution is 5.93. The lowest BCUT2D eigenvalue weighted by Crippen LogP contribution is -2.18. The highest BCUT2D eigenvalue weighted by Crippen LogP contribution is 2.20. The molecular formula is C22H27ClN4O. The summed E-state index contributed by atoms with van der Waals surface area (Å²) in [7, 11) is 0. The number of aromatic nitrogens is 2. The fourth-order valence-electron chi connectivity index (χ4n) is 3.16. The van der Waals surface area contributed by atoms with E-state index in [-0.39, 0.29) is 18.3 Å². The molecule has 0 aliphatic heterocycles. The van der Waals surface area contributed by atoms with Crippen LogP contribution in [0.4, 0.5) is 5.69 Å². The average Bonchev–Trinajstić information content (AvgIpc) is 2.96. The Hall–Kier alpha value is -2.63. The van der Waals surface area contributed by atoms with E-state index in [1.807, 2.05) is 73.1 Å². The number of hydrogen-bond donors (Lipinski definition) is 2. The van der Waals surface area contributed by atoms with Crippen molar-refractivity contribution in [3.8, 4) is 5.69 Å². The van der Waals surface area contributed by atoms with Crippen LogP contribution >= 0.6 is 12.4 Å². The Labute approximate surface area is 172 Å². The van der Waals surface area contributed by atoms with Gasteiger partial charge in [-0.05, 0) is 44.2 Å². The maximum Gasteiger partial charge on any atom is 0.228 e. The van der Waals surface area contributed by atoms with E-state index in [4.69, 9.17) is 0 Å². The molecule has 0 fully saturated rings. The molecule has 2 aromatic carbocycles. The van der Waals surface area contributed by atoms with Crippen LogP contribution in [0.1, 0.15) is 29.4 Å². The van der Waals surface area contributed by atoms with E-state index in [1.165, 1.54) is 0 Å². The molecule has 3 aromatic rings. The summed E-state index contributed by atoms with van der Waals surface area (Å²) in [4.78, 5) is 12.7. The number of rotatable bonds is 7. The fraction of sp³-hybridized carbons (Fsp3) is 0.273. The number of carbonyl (C=O) groups excluding carboxylic acids is 1. The number of carbonyl (C=O) groups is 1. The number of halogens is 1. The van der Waals surface area contributed by atoms with Crippen molar-refractivity contribution in [2.24, 2.45) is 0 Å². The molecule has 0 radical (unpaired) electrons. The third kappa shape index (κ3) is 5.00. The third-order valence-corrected chi connectivity index (χ3v) is 4.64. The van der Waals surface area contributed by atoms with Crippen molar-refractivity contribution in [2.45, 2.75) is 33.7 Å². The van der Waals surface area contributed by atoms with Gasteiger partial charge in [0.15, 0.2) is 0 Å². The van der Waals surface area contributed by atoms with Gasteiger partial charge in [-0.25, -0.2) is 4.68 Å². The smallest absolute Gasteiger partial charge is 0.228 e. The average molecular weight is 399 g/mol. The minimum Gasteiger partial charge on any atom is -0.325 e. The summed E-state index contributed by atoms with van der Waals surface area (Å²) < 4.78 is 1.90. The molecule has 0 saturated heterocycles. The molecule has 2 N–H and O–H groups in total. The van der Waals surface area contributed by atoms with E-state index < -0.39 is 0 Å². The van der Waals surface area contributed by atoms with Crippen LogP contribution in [0.5, 0.6) is 0 Å². The topological polar surface area (TPSA) is 58.9 Å². The normalized spacial score (nSPS) is 10.4. The predicted octanol–water partition coefficient (Wildman–Crippen LogP) is 4.20. The van der Waals surface area contributed by atoms with E-state index in [0.717, 1.165) is 47.0 Å². The van der Waals surface area contributed by atoms with E-state index in [0.29, 0.717) is 6.42 Å². The van der Waals surface area contributed by atoms with Gasteiger partial charge < -0.3 is 10.6 Å². The van der Waals surface area contributed by atoms with E-state index in [2.05, 4.69) is 22.7 Å². The molecule has 0 unspecified atom stereocenters. The van der Waals surface area contributed by atoms with Crippen LogP contribution < -0.4 is 10.6 Å². The summed E-state index contributed by atoms with van der Waals surface area (Å²) in [6, 6.07) is 17.9. The van der Waals surface area contributed by atoms with E-state index >= 15 is 0 Å². The Kier molecular flexibility index (Phi) is 7.79. The van der Waals surface area contributed by atoms with Gasteiger partial charge in [-0.1, -0.05) is 43.3 Å². The zero-order valence-electron chi connectivity index (χ0n) is 16.5. The molecule has 0 saturated carbocycles. The van der Waals surface area contributed by atoms with Crippen LogP contribution in [0.25, 0.3) is 5.69 Å². The summed E-state index contributed by atoms with van der Waals surface area (Å²) >= 11 is 0. The van der Waals surface area contributed by atoms with Crippen molar-refractivity contribution >= 4 is 24.0 Å². The zero-order valence-corrected chi connectivity index (χ0v) is 17.3. The number of nitrogens with one attached hydrogen (secondary N) is 2. The van der Waals surface area contributed by atoms with Gasteiger partial charge in [0.25, 0.3) is 0 Å². The minimum atomic E-state index is -0.0299. The number of aryl methyl sites for hydroxylation is 1. The van der Waals surface area contributed by atoms with Crippen molar-refractivity contribution in [3.05, 3.63) is 77.1 Å². The summed E-state index contributed by atoms with van der Waals surface area (Å²) in [5.74, 6) is -0.0299. The molecule has 0 aliphatic rings. The predicted molar refractivity (Wildman–Crippen MR) is 116 cm³/mol. The Morgan fingerprint density at radius 2 is 1.71 bits per heavy atom. The van der Waals surface area contributed by atoms with Gasteiger partial charge in [0.2, 0.25) is 5.91 Å². The molecule has 148 valence electrons.